The molecule has 0 amide bonds. The van der Waals surface area contributed by atoms with Crippen LogP contribution in [-0.2, 0) is 9.59 Å². The van der Waals surface area contributed by atoms with Crippen molar-refractivity contribution >= 4 is 40.6 Å². The number of carbonyl (C=O) groups excluding carboxylic acids is 2. The predicted molar refractivity (Wildman–Crippen MR) is 102 cm³/mol. The molecule has 0 saturated carbocycles. The summed E-state index contributed by atoms with van der Waals surface area (Å²) in [5.74, 6) is -0.563. The molecule has 2 rings (SSSR count). The molecule has 130 valence electrons. The summed E-state index contributed by atoms with van der Waals surface area (Å²) in [7, 11) is 0. The van der Waals surface area contributed by atoms with Crippen LogP contribution in [0.25, 0.3) is 0 Å². The van der Waals surface area contributed by atoms with E-state index in [2.05, 4.69) is 11.1 Å². The molecule has 2 atom stereocenters. The van der Waals surface area contributed by atoms with E-state index in [9.17, 15) is 14.9 Å². The first-order valence-electron chi connectivity index (χ1n) is 7.98. The van der Waals surface area contributed by atoms with Crippen LogP contribution >= 0.6 is 23.4 Å². The lowest BCUT2D eigenvalue weighted by molar-refractivity contribution is -0.119. The maximum Gasteiger partial charge on any atom is 0.142 e. The fraction of sp³-hybridized carbons (Fsp3) is 0.368. The number of benzene rings is 1. The van der Waals surface area contributed by atoms with Crippen molar-refractivity contribution in [2.75, 3.05) is 5.75 Å². The third kappa shape index (κ3) is 4.39. The lowest BCUT2D eigenvalue weighted by atomic mass is 9.75. The van der Waals surface area contributed by atoms with Gasteiger partial charge in [-0.3, -0.25) is 9.59 Å². The van der Waals surface area contributed by atoms with Crippen LogP contribution < -0.4 is 0 Å². The number of hydrogen-bond donors (Lipinski definition) is 0. The van der Waals surface area contributed by atoms with Gasteiger partial charge < -0.3 is 0 Å². The Morgan fingerprint density at radius 1 is 1.32 bits per heavy atom. The summed E-state index contributed by atoms with van der Waals surface area (Å²) >= 11 is 7.23. The normalized spacial score (nSPS) is 20.0. The van der Waals surface area contributed by atoms with Gasteiger partial charge in [0, 0.05) is 23.1 Å². The molecule has 0 spiro atoms. The van der Waals surface area contributed by atoms with E-state index in [1.165, 1.54) is 18.7 Å². The summed E-state index contributed by atoms with van der Waals surface area (Å²) in [6.07, 6.45) is 0.446. The van der Waals surface area contributed by atoms with Gasteiger partial charge in [0.2, 0.25) is 0 Å². The van der Waals surface area contributed by atoms with Crippen LogP contribution in [-0.4, -0.2) is 23.0 Å². The molecule has 6 heteroatoms. The van der Waals surface area contributed by atoms with Crippen molar-refractivity contribution in [1.29, 1.82) is 5.26 Å². The highest BCUT2D eigenvalue weighted by Gasteiger charge is 2.37. The third-order valence-electron chi connectivity index (χ3n) is 4.15. The Balaban J connectivity index is 2.52. The van der Waals surface area contributed by atoms with Crippen molar-refractivity contribution in [2.45, 2.75) is 33.1 Å². The van der Waals surface area contributed by atoms with Gasteiger partial charge in [0.25, 0.3) is 0 Å². The molecule has 0 aromatic heterocycles. The summed E-state index contributed by atoms with van der Waals surface area (Å²) in [6.45, 7) is 5.12. The average molecular weight is 375 g/mol. The average Bonchev–Trinajstić information content (AvgIpc) is 2.59. The Hall–Kier alpha value is -1.90. The van der Waals surface area contributed by atoms with Crippen molar-refractivity contribution in [1.82, 2.24) is 0 Å². The summed E-state index contributed by atoms with van der Waals surface area (Å²) in [4.78, 5) is 28.4. The molecule has 1 aliphatic rings. The number of aliphatic imine (C=N–C) groups is 1. The first-order chi connectivity index (χ1) is 11.9. The number of rotatable bonds is 6. The van der Waals surface area contributed by atoms with E-state index in [4.69, 9.17) is 11.6 Å². The second-order valence-corrected chi connectivity index (χ2v) is 7.28. The first-order valence-corrected chi connectivity index (χ1v) is 9.35. The van der Waals surface area contributed by atoms with E-state index < -0.39 is 11.8 Å². The Morgan fingerprint density at radius 2 is 1.96 bits per heavy atom. The second kappa shape index (κ2) is 8.46. The summed E-state index contributed by atoms with van der Waals surface area (Å²) in [5.41, 5.74) is 1.94. The highest BCUT2D eigenvalue weighted by Crippen LogP contribution is 2.42. The monoisotopic (exact) mass is 374 g/mol. The molecule has 25 heavy (non-hydrogen) atoms. The number of nitriles is 1. The van der Waals surface area contributed by atoms with E-state index in [1.54, 1.807) is 26.0 Å². The van der Waals surface area contributed by atoms with Crippen LogP contribution in [0, 0.1) is 17.2 Å². The summed E-state index contributed by atoms with van der Waals surface area (Å²) in [5, 5.41) is 10.9. The number of ketones is 2. The van der Waals surface area contributed by atoms with Gasteiger partial charge in [-0.15, -0.1) is 0 Å². The van der Waals surface area contributed by atoms with Crippen molar-refractivity contribution < 1.29 is 9.59 Å². The largest absolute Gasteiger partial charge is 0.299 e. The minimum Gasteiger partial charge on any atom is -0.299 e. The third-order valence-corrected chi connectivity index (χ3v) is 5.46. The SMILES string of the molecule is CCC(=O)CSC1=C(C#N)[C@@H](c2ccc(Cl)cc2)C(C(C)=O)C(C)=N1. The van der Waals surface area contributed by atoms with Gasteiger partial charge >= 0.3 is 0 Å². The highest BCUT2D eigenvalue weighted by atomic mass is 35.5. The van der Waals surface area contributed by atoms with Gasteiger partial charge in [-0.1, -0.05) is 42.4 Å². The predicted octanol–water partition coefficient (Wildman–Crippen LogP) is 4.55. The van der Waals surface area contributed by atoms with Crippen LogP contribution in [0.1, 0.15) is 38.7 Å². The molecule has 1 unspecified atom stereocenters. The standard InChI is InChI=1S/C19H19ClN2O2S/c1-4-15(24)10-25-19-16(9-21)18(13-5-7-14(20)8-6-13)17(12(3)23)11(2)22-19/h5-8,17-18H,4,10H2,1-3H3/t17?,18-/m1/s1. The number of allylic oxidation sites excluding steroid dienone is 1. The molecule has 0 fully saturated rings. The van der Waals surface area contributed by atoms with Gasteiger partial charge in [0.15, 0.2) is 0 Å². The number of Topliss-reactive ketones (excluding diaryl/α,β-unsaturated/α-hetero) is 2. The van der Waals surface area contributed by atoms with Crippen LogP contribution in [0.5, 0.6) is 0 Å². The maximum atomic E-state index is 12.2. The van der Waals surface area contributed by atoms with Crippen LogP contribution in [0.3, 0.4) is 0 Å². The molecule has 0 radical (unpaired) electrons. The molecule has 1 aliphatic heterocycles. The Labute approximate surface area is 157 Å². The number of nitrogens with zero attached hydrogens (tertiary/aromatic N) is 2. The van der Waals surface area contributed by atoms with Crippen molar-refractivity contribution in [2.24, 2.45) is 10.9 Å². The zero-order chi connectivity index (χ0) is 18.6. The smallest absolute Gasteiger partial charge is 0.142 e. The zero-order valence-electron chi connectivity index (χ0n) is 14.4. The molecule has 0 bridgehead atoms. The Kier molecular flexibility index (Phi) is 6.57. The number of thioether (sulfide) groups is 1. The van der Waals surface area contributed by atoms with Crippen LogP contribution in [0.4, 0.5) is 0 Å². The number of hydrogen-bond acceptors (Lipinski definition) is 5. The topological polar surface area (TPSA) is 70.3 Å². The maximum absolute atomic E-state index is 12.2. The Morgan fingerprint density at radius 3 is 2.48 bits per heavy atom. The number of halogens is 1. The van der Waals surface area contributed by atoms with E-state index in [0.717, 1.165) is 5.56 Å². The van der Waals surface area contributed by atoms with Crippen molar-refractivity contribution in [3.63, 3.8) is 0 Å². The molecular formula is C19H19ClN2O2S. The molecular weight excluding hydrogens is 356 g/mol. The summed E-state index contributed by atoms with van der Waals surface area (Å²) in [6, 6.07) is 9.38. The molecule has 4 nitrogen and oxygen atoms in total. The fourth-order valence-electron chi connectivity index (χ4n) is 2.87. The summed E-state index contributed by atoms with van der Waals surface area (Å²) < 4.78 is 0. The zero-order valence-corrected chi connectivity index (χ0v) is 15.9. The van der Waals surface area contributed by atoms with E-state index in [1.807, 2.05) is 12.1 Å². The highest BCUT2D eigenvalue weighted by molar-refractivity contribution is 8.03. The van der Waals surface area contributed by atoms with Gasteiger partial charge in [-0.25, -0.2) is 4.99 Å². The fourth-order valence-corrected chi connectivity index (χ4v) is 4.03. The molecule has 1 aromatic carbocycles. The quantitative estimate of drug-likeness (QED) is 0.732. The van der Waals surface area contributed by atoms with Gasteiger partial charge in [0.1, 0.15) is 16.6 Å². The molecule has 0 aliphatic carbocycles. The first kappa shape index (κ1) is 19.4. The van der Waals surface area contributed by atoms with E-state index >= 15 is 0 Å². The molecule has 1 aromatic rings. The van der Waals surface area contributed by atoms with Gasteiger partial charge in [-0.05, 0) is 31.5 Å². The van der Waals surface area contributed by atoms with E-state index in [-0.39, 0.29) is 17.3 Å². The van der Waals surface area contributed by atoms with Crippen molar-refractivity contribution in [3.05, 3.63) is 45.5 Å². The van der Waals surface area contributed by atoms with Crippen LogP contribution in [0.15, 0.2) is 39.9 Å². The Bertz CT molecular complexity index is 791. The minimum atomic E-state index is -0.484. The van der Waals surface area contributed by atoms with Crippen LogP contribution in [0.2, 0.25) is 5.02 Å². The molecule has 0 N–H and O–H groups in total. The van der Waals surface area contributed by atoms with Gasteiger partial charge in [0.05, 0.1) is 23.3 Å². The van der Waals surface area contributed by atoms with Gasteiger partial charge in [-0.2, -0.15) is 5.26 Å². The van der Waals surface area contributed by atoms with Crippen molar-refractivity contribution in [3.8, 4) is 6.07 Å². The van der Waals surface area contributed by atoms with E-state index in [0.29, 0.717) is 27.8 Å². The molecule has 0 saturated heterocycles. The molecule has 1 heterocycles. The number of carbonyl (C=O) groups is 2. The second-order valence-electron chi connectivity index (χ2n) is 5.88. The lowest BCUT2D eigenvalue weighted by Gasteiger charge is -2.30. The minimum absolute atomic E-state index is 0.0392. The lowest BCUT2D eigenvalue weighted by Crippen LogP contribution is -2.31.